The molecule has 0 spiro atoms. The van der Waals surface area contributed by atoms with Crippen LogP contribution in [0.25, 0.3) is 0 Å². The zero-order valence-corrected chi connectivity index (χ0v) is 13.3. The third-order valence-electron chi connectivity index (χ3n) is 2.84. The fourth-order valence-corrected chi connectivity index (χ4v) is 4.17. The minimum absolute atomic E-state index is 0.228. The number of nitrogens with two attached hydrogens (primary N) is 1. The van der Waals surface area contributed by atoms with Crippen LogP contribution in [0.5, 0.6) is 0 Å². The second kappa shape index (κ2) is 6.24. The Hall–Kier alpha value is -0.920. The summed E-state index contributed by atoms with van der Waals surface area (Å²) in [5, 5.41) is 0. The predicted octanol–water partition coefficient (Wildman–Crippen LogP) is 2.65. The van der Waals surface area contributed by atoms with Crippen LogP contribution in [0.2, 0.25) is 4.34 Å². The highest BCUT2D eigenvalue weighted by Crippen LogP contribution is 2.22. The van der Waals surface area contributed by atoms with Gasteiger partial charge in [-0.2, -0.15) is 0 Å². The number of halogens is 1. The number of thiophene rings is 1. The monoisotopic (exact) mass is 330 g/mol. The molecular formula is C13H15ClN2O2S2. The topological polar surface area (TPSA) is 72.2 Å². The van der Waals surface area contributed by atoms with E-state index in [9.17, 15) is 8.42 Å². The van der Waals surface area contributed by atoms with Gasteiger partial charge < -0.3 is 5.73 Å². The lowest BCUT2D eigenvalue weighted by atomic mass is 10.1. The van der Waals surface area contributed by atoms with Crippen molar-refractivity contribution >= 4 is 33.0 Å². The summed E-state index contributed by atoms with van der Waals surface area (Å²) >= 11 is 7.17. The smallest absolute Gasteiger partial charge is 0.241 e. The SMILES string of the molecule is Cc1ccc(CN)cc1S(=O)(=O)NCc1ccc(Cl)s1. The molecule has 0 aliphatic heterocycles. The molecule has 0 bridgehead atoms. The summed E-state index contributed by atoms with van der Waals surface area (Å²) in [4.78, 5) is 1.13. The van der Waals surface area contributed by atoms with E-state index in [0.717, 1.165) is 10.4 Å². The summed E-state index contributed by atoms with van der Waals surface area (Å²) in [6, 6.07) is 8.75. The van der Waals surface area contributed by atoms with Crippen LogP contribution >= 0.6 is 22.9 Å². The van der Waals surface area contributed by atoms with Gasteiger partial charge in [-0.05, 0) is 36.2 Å². The van der Waals surface area contributed by atoms with Crippen LogP contribution in [0.4, 0.5) is 0 Å². The van der Waals surface area contributed by atoms with Gasteiger partial charge in [0.1, 0.15) is 0 Å². The summed E-state index contributed by atoms with van der Waals surface area (Å²) in [6.07, 6.45) is 0. The number of sulfonamides is 1. The Labute approximate surface area is 127 Å². The lowest BCUT2D eigenvalue weighted by Gasteiger charge is -2.10. The van der Waals surface area contributed by atoms with E-state index in [1.54, 1.807) is 31.2 Å². The van der Waals surface area contributed by atoms with Gasteiger partial charge in [-0.3, -0.25) is 0 Å². The first-order valence-electron chi connectivity index (χ1n) is 5.96. The van der Waals surface area contributed by atoms with Crippen molar-refractivity contribution < 1.29 is 8.42 Å². The predicted molar refractivity (Wildman–Crippen MR) is 82.4 cm³/mol. The highest BCUT2D eigenvalue weighted by molar-refractivity contribution is 7.89. The number of aryl methyl sites for hydroxylation is 1. The van der Waals surface area contributed by atoms with Crippen molar-refractivity contribution in [1.29, 1.82) is 0 Å². The molecule has 7 heteroatoms. The second-order valence-corrected chi connectivity index (χ2v) is 7.87. The van der Waals surface area contributed by atoms with E-state index in [2.05, 4.69) is 4.72 Å². The van der Waals surface area contributed by atoms with Crippen LogP contribution in [0.15, 0.2) is 35.2 Å². The Morgan fingerprint density at radius 3 is 2.65 bits per heavy atom. The Kier molecular flexibility index (Phi) is 4.82. The molecule has 0 amide bonds. The van der Waals surface area contributed by atoms with E-state index in [0.29, 0.717) is 16.4 Å². The maximum absolute atomic E-state index is 12.3. The maximum atomic E-state index is 12.3. The first-order valence-corrected chi connectivity index (χ1v) is 8.63. The van der Waals surface area contributed by atoms with Crippen LogP contribution in [0.3, 0.4) is 0 Å². The molecule has 108 valence electrons. The Bertz CT molecular complexity index is 711. The molecular weight excluding hydrogens is 316 g/mol. The number of hydrogen-bond acceptors (Lipinski definition) is 4. The van der Waals surface area contributed by atoms with Crippen LogP contribution in [-0.4, -0.2) is 8.42 Å². The fourth-order valence-electron chi connectivity index (χ4n) is 1.75. The molecule has 0 saturated heterocycles. The summed E-state index contributed by atoms with van der Waals surface area (Å²) in [5.41, 5.74) is 7.03. The average Bonchev–Trinajstić information content (AvgIpc) is 2.83. The minimum Gasteiger partial charge on any atom is -0.326 e. The van der Waals surface area contributed by atoms with Crippen LogP contribution < -0.4 is 10.5 Å². The van der Waals surface area contributed by atoms with Gasteiger partial charge in [-0.25, -0.2) is 13.1 Å². The molecule has 2 aromatic rings. The van der Waals surface area contributed by atoms with Crippen molar-refractivity contribution in [3.8, 4) is 0 Å². The minimum atomic E-state index is -3.55. The zero-order valence-electron chi connectivity index (χ0n) is 10.9. The van der Waals surface area contributed by atoms with Gasteiger partial charge in [0, 0.05) is 18.0 Å². The highest BCUT2D eigenvalue weighted by Gasteiger charge is 2.17. The first-order chi connectivity index (χ1) is 9.42. The standard InChI is InChI=1S/C13H15ClN2O2S2/c1-9-2-3-10(7-15)6-12(9)20(17,18)16-8-11-4-5-13(14)19-11/h2-6,16H,7-8,15H2,1H3. The molecule has 0 unspecified atom stereocenters. The molecule has 20 heavy (non-hydrogen) atoms. The summed E-state index contributed by atoms with van der Waals surface area (Å²) in [5.74, 6) is 0. The summed E-state index contributed by atoms with van der Waals surface area (Å²) in [7, 11) is -3.55. The zero-order chi connectivity index (χ0) is 14.8. The molecule has 2 rings (SSSR count). The Morgan fingerprint density at radius 1 is 1.30 bits per heavy atom. The molecule has 0 radical (unpaired) electrons. The summed E-state index contributed by atoms with van der Waals surface area (Å²) in [6.45, 7) is 2.30. The van der Waals surface area contributed by atoms with E-state index in [1.807, 2.05) is 6.07 Å². The molecule has 0 aliphatic rings. The average molecular weight is 331 g/mol. The molecule has 1 aromatic heterocycles. The van der Waals surface area contributed by atoms with Gasteiger partial charge in [0.05, 0.1) is 9.23 Å². The number of rotatable bonds is 5. The Morgan fingerprint density at radius 2 is 2.05 bits per heavy atom. The molecule has 4 nitrogen and oxygen atoms in total. The van der Waals surface area contributed by atoms with Gasteiger partial charge in [-0.1, -0.05) is 23.7 Å². The van der Waals surface area contributed by atoms with Crippen molar-refractivity contribution in [2.75, 3.05) is 0 Å². The normalized spacial score (nSPS) is 11.8. The third kappa shape index (κ3) is 3.59. The van der Waals surface area contributed by atoms with Crippen molar-refractivity contribution in [3.63, 3.8) is 0 Å². The van der Waals surface area contributed by atoms with E-state index in [-0.39, 0.29) is 11.4 Å². The van der Waals surface area contributed by atoms with E-state index < -0.39 is 10.0 Å². The first kappa shape index (κ1) is 15.5. The summed E-state index contributed by atoms with van der Waals surface area (Å²) < 4.78 is 27.9. The lowest BCUT2D eigenvalue weighted by Crippen LogP contribution is -2.23. The molecule has 0 fully saturated rings. The van der Waals surface area contributed by atoms with Crippen LogP contribution in [-0.2, 0) is 23.1 Å². The highest BCUT2D eigenvalue weighted by atomic mass is 35.5. The van der Waals surface area contributed by atoms with Crippen molar-refractivity contribution in [2.24, 2.45) is 5.73 Å². The quantitative estimate of drug-likeness (QED) is 0.885. The second-order valence-electron chi connectivity index (χ2n) is 4.33. The molecule has 1 heterocycles. The van der Waals surface area contributed by atoms with Crippen molar-refractivity contribution in [3.05, 3.63) is 50.7 Å². The van der Waals surface area contributed by atoms with Gasteiger partial charge in [-0.15, -0.1) is 11.3 Å². The molecule has 1 aromatic carbocycles. The van der Waals surface area contributed by atoms with Crippen LogP contribution in [0.1, 0.15) is 16.0 Å². The Balaban J connectivity index is 2.21. The van der Waals surface area contributed by atoms with Gasteiger partial charge in [0.2, 0.25) is 10.0 Å². The molecule has 0 saturated carbocycles. The van der Waals surface area contributed by atoms with Crippen molar-refractivity contribution in [1.82, 2.24) is 4.72 Å². The molecule has 0 aliphatic carbocycles. The number of benzene rings is 1. The van der Waals surface area contributed by atoms with Crippen molar-refractivity contribution in [2.45, 2.75) is 24.9 Å². The number of nitrogens with one attached hydrogen (secondary N) is 1. The van der Waals surface area contributed by atoms with E-state index in [1.165, 1.54) is 11.3 Å². The van der Waals surface area contributed by atoms with Crippen LogP contribution in [0, 0.1) is 6.92 Å². The molecule has 0 atom stereocenters. The van der Waals surface area contributed by atoms with Gasteiger partial charge in [0.15, 0.2) is 0 Å². The largest absolute Gasteiger partial charge is 0.326 e. The number of hydrogen-bond donors (Lipinski definition) is 2. The third-order valence-corrected chi connectivity index (χ3v) is 5.62. The van der Waals surface area contributed by atoms with E-state index >= 15 is 0 Å². The van der Waals surface area contributed by atoms with E-state index in [4.69, 9.17) is 17.3 Å². The molecule has 3 N–H and O–H groups in total. The lowest BCUT2D eigenvalue weighted by molar-refractivity contribution is 0.581. The van der Waals surface area contributed by atoms with Gasteiger partial charge in [0.25, 0.3) is 0 Å². The van der Waals surface area contributed by atoms with Gasteiger partial charge >= 0.3 is 0 Å². The fraction of sp³-hybridized carbons (Fsp3) is 0.231. The maximum Gasteiger partial charge on any atom is 0.241 e.